The quantitative estimate of drug-likeness (QED) is 0.819. The van der Waals surface area contributed by atoms with E-state index >= 15 is 0 Å². The first-order chi connectivity index (χ1) is 7.65. The summed E-state index contributed by atoms with van der Waals surface area (Å²) in [5.74, 6) is -0.335. The van der Waals surface area contributed by atoms with Crippen LogP contribution in [0.3, 0.4) is 0 Å². The lowest BCUT2D eigenvalue weighted by molar-refractivity contribution is 0.147. The molecule has 1 aromatic rings. The molecule has 1 heterocycles. The third-order valence-electron chi connectivity index (χ3n) is 3.04. The van der Waals surface area contributed by atoms with Crippen molar-refractivity contribution in [2.45, 2.75) is 6.54 Å². The summed E-state index contributed by atoms with van der Waals surface area (Å²) in [6, 6.07) is 4.22. The zero-order chi connectivity index (χ0) is 11.5. The van der Waals surface area contributed by atoms with Crippen LogP contribution in [0, 0.1) is 5.82 Å². The Kier molecular flexibility index (Phi) is 3.41. The molecule has 0 aliphatic carbocycles. The van der Waals surface area contributed by atoms with E-state index in [1.54, 1.807) is 6.07 Å². The molecule has 0 radical (unpaired) electrons. The molecule has 2 rings (SSSR count). The Bertz CT molecular complexity index is 362. The highest BCUT2D eigenvalue weighted by molar-refractivity contribution is 5.32. The molecule has 0 aromatic heterocycles. The number of likely N-dealkylation sites (N-methyl/N-ethyl adjacent to an activating group) is 1. The summed E-state index contributed by atoms with van der Waals surface area (Å²) in [4.78, 5) is 4.55. The summed E-state index contributed by atoms with van der Waals surface area (Å²) in [5.41, 5.74) is 0.797. The molecule has 1 aliphatic rings. The van der Waals surface area contributed by atoms with Gasteiger partial charge in [0.2, 0.25) is 0 Å². The molecule has 1 aliphatic heterocycles. The number of benzene rings is 1. The van der Waals surface area contributed by atoms with Crippen molar-refractivity contribution in [1.29, 1.82) is 0 Å². The summed E-state index contributed by atoms with van der Waals surface area (Å²) >= 11 is 0. The molecule has 88 valence electrons. The first-order valence-electron chi connectivity index (χ1n) is 5.53. The van der Waals surface area contributed by atoms with Crippen LogP contribution in [-0.2, 0) is 6.54 Å². The molecule has 1 saturated heterocycles. The van der Waals surface area contributed by atoms with E-state index in [1.807, 2.05) is 0 Å². The van der Waals surface area contributed by atoms with Gasteiger partial charge in [-0.1, -0.05) is 6.07 Å². The molecule has 16 heavy (non-hydrogen) atoms. The fraction of sp³-hybridized carbons (Fsp3) is 0.500. The highest BCUT2D eigenvalue weighted by atomic mass is 19.1. The smallest absolute Gasteiger partial charge is 0.126 e. The van der Waals surface area contributed by atoms with E-state index in [-0.39, 0.29) is 11.6 Å². The number of phenolic OH excluding ortho intramolecular Hbond substituents is 1. The molecule has 0 amide bonds. The van der Waals surface area contributed by atoms with Gasteiger partial charge in [0.1, 0.15) is 11.6 Å². The highest BCUT2D eigenvalue weighted by Crippen LogP contribution is 2.20. The number of aromatic hydroxyl groups is 1. The zero-order valence-corrected chi connectivity index (χ0v) is 9.49. The van der Waals surface area contributed by atoms with E-state index in [0.29, 0.717) is 6.54 Å². The van der Waals surface area contributed by atoms with Crippen molar-refractivity contribution in [3.8, 4) is 5.75 Å². The first kappa shape index (κ1) is 11.4. The lowest BCUT2D eigenvalue weighted by Gasteiger charge is -2.32. The predicted molar refractivity (Wildman–Crippen MR) is 60.8 cm³/mol. The van der Waals surface area contributed by atoms with Crippen LogP contribution in [0.25, 0.3) is 0 Å². The number of piperazine rings is 1. The number of phenols is 1. The lowest BCUT2D eigenvalue weighted by Crippen LogP contribution is -2.43. The molecule has 0 spiro atoms. The maximum absolute atomic E-state index is 12.8. The fourth-order valence-corrected chi connectivity index (χ4v) is 1.92. The minimum absolute atomic E-state index is 0.0546. The van der Waals surface area contributed by atoms with Gasteiger partial charge >= 0.3 is 0 Å². The monoisotopic (exact) mass is 224 g/mol. The van der Waals surface area contributed by atoms with Crippen LogP contribution in [0.1, 0.15) is 5.56 Å². The molecule has 0 saturated carbocycles. The molecular weight excluding hydrogens is 207 g/mol. The summed E-state index contributed by atoms with van der Waals surface area (Å²) in [6.45, 7) is 4.77. The number of hydrogen-bond donors (Lipinski definition) is 1. The van der Waals surface area contributed by atoms with Crippen LogP contribution in [0.4, 0.5) is 4.39 Å². The Morgan fingerprint density at radius 2 is 1.94 bits per heavy atom. The average molecular weight is 224 g/mol. The normalized spacial score (nSPS) is 18.9. The highest BCUT2D eigenvalue weighted by Gasteiger charge is 2.15. The molecular formula is C12H17FN2O. The Balaban J connectivity index is 1.98. The zero-order valence-electron chi connectivity index (χ0n) is 9.49. The SMILES string of the molecule is CN1CCN(Cc2ccc(F)cc2O)CC1. The van der Waals surface area contributed by atoms with Gasteiger partial charge in [-0.15, -0.1) is 0 Å². The predicted octanol–water partition coefficient (Wildman–Crippen LogP) is 1.28. The maximum atomic E-state index is 12.8. The van der Waals surface area contributed by atoms with Crippen molar-refractivity contribution in [3.63, 3.8) is 0 Å². The van der Waals surface area contributed by atoms with E-state index in [2.05, 4.69) is 16.8 Å². The number of rotatable bonds is 2. The summed E-state index contributed by atoms with van der Waals surface area (Å²) < 4.78 is 12.8. The molecule has 0 bridgehead atoms. The third-order valence-corrected chi connectivity index (χ3v) is 3.04. The molecule has 1 fully saturated rings. The average Bonchev–Trinajstić information content (AvgIpc) is 2.25. The van der Waals surface area contributed by atoms with E-state index < -0.39 is 0 Å². The van der Waals surface area contributed by atoms with Crippen LogP contribution < -0.4 is 0 Å². The molecule has 1 N–H and O–H groups in total. The maximum Gasteiger partial charge on any atom is 0.126 e. The van der Waals surface area contributed by atoms with Crippen LogP contribution >= 0.6 is 0 Å². The number of nitrogens with zero attached hydrogens (tertiary/aromatic N) is 2. The Labute approximate surface area is 95.1 Å². The van der Waals surface area contributed by atoms with Gasteiger partial charge in [0.15, 0.2) is 0 Å². The van der Waals surface area contributed by atoms with Gasteiger partial charge in [0, 0.05) is 44.4 Å². The summed E-state index contributed by atoms with van der Waals surface area (Å²) in [6.07, 6.45) is 0. The Hall–Kier alpha value is -1.13. The summed E-state index contributed by atoms with van der Waals surface area (Å²) in [7, 11) is 2.10. The van der Waals surface area contributed by atoms with Gasteiger partial charge in [-0.3, -0.25) is 4.90 Å². The molecule has 3 nitrogen and oxygen atoms in total. The first-order valence-corrected chi connectivity index (χ1v) is 5.53. The van der Waals surface area contributed by atoms with Gasteiger partial charge in [-0.25, -0.2) is 4.39 Å². The van der Waals surface area contributed by atoms with E-state index in [4.69, 9.17) is 0 Å². The summed E-state index contributed by atoms with van der Waals surface area (Å²) in [5, 5.41) is 9.60. The van der Waals surface area contributed by atoms with Crippen molar-refractivity contribution < 1.29 is 9.50 Å². The lowest BCUT2D eigenvalue weighted by atomic mass is 10.1. The van der Waals surface area contributed by atoms with Crippen LogP contribution in [-0.4, -0.2) is 48.1 Å². The Morgan fingerprint density at radius 1 is 1.25 bits per heavy atom. The molecule has 0 atom stereocenters. The molecule has 1 aromatic carbocycles. The largest absolute Gasteiger partial charge is 0.508 e. The van der Waals surface area contributed by atoms with E-state index in [9.17, 15) is 9.50 Å². The van der Waals surface area contributed by atoms with Gasteiger partial charge in [0.05, 0.1) is 0 Å². The van der Waals surface area contributed by atoms with Crippen molar-refractivity contribution >= 4 is 0 Å². The van der Waals surface area contributed by atoms with Crippen LogP contribution in [0.2, 0.25) is 0 Å². The topological polar surface area (TPSA) is 26.7 Å². The minimum Gasteiger partial charge on any atom is -0.508 e. The van der Waals surface area contributed by atoms with Crippen molar-refractivity contribution in [1.82, 2.24) is 9.80 Å². The van der Waals surface area contributed by atoms with Crippen molar-refractivity contribution in [2.75, 3.05) is 33.2 Å². The Morgan fingerprint density at radius 3 is 2.56 bits per heavy atom. The fourth-order valence-electron chi connectivity index (χ4n) is 1.92. The van der Waals surface area contributed by atoms with Gasteiger partial charge < -0.3 is 10.0 Å². The van der Waals surface area contributed by atoms with E-state index in [0.717, 1.165) is 31.7 Å². The third kappa shape index (κ3) is 2.71. The van der Waals surface area contributed by atoms with E-state index in [1.165, 1.54) is 12.1 Å². The number of hydrogen-bond acceptors (Lipinski definition) is 3. The minimum atomic E-state index is -0.389. The van der Waals surface area contributed by atoms with Crippen LogP contribution in [0.5, 0.6) is 5.75 Å². The second-order valence-electron chi connectivity index (χ2n) is 4.35. The molecule has 4 heteroatoms. The second kappa shape index (κ2) is 4.80. The van der Waals surface area contributed by atoms with Crippen molar-refractivity contribution in [3.05, 3.63) is 29.6 Å². The van der Waals surface area contributed by atoms with Gasteiger partial charge in [0.25, 0.3) is 0 Å². The second-order valence-corrected chi connectivity index (χ2v) is 4.35. The van der Waals surface area contributed by atoms with Gasteiger partial charge in [-0.05, 0) is 13.1 Å². The van der Waals surface area contributed by atoms with Crippen molar-refractivity contribution in [2.24, 2.45) is 0 Å². The molecule has 0 unspecified atom stereocenters. The van der Waals surface area contributed by atoms with Gasteiger partial charge in [-0.2, -0.15) is 0 Å². The standard InChI is InChI=1S/C12H17FN2O/c1-14-4-6-15(7-5-14)9-10-2-3-11(13)8-12(10)16/h2-3,8,16H,4-7,9H2,1H3. The number of halogens is 1. The van der Waals surface area contributed by atoms with Crippen LogP contribution in [0.15, 0.2) is 18.2 Å².